The molecule has 1 N–H and O–H groups in total. The first-order valence-electron chi connectivity index (χ1n) is 5.45. The van der Waals surface area contributed by atoms with E-state index < -0.39 is 5.82 Å². The zero-order valence-electron chi connectivity index (χ0n) is 10.1. The largest absolute Gasteiger partial charge is 0.495 e. The minimum Gasteiger partial charge on any atom is -0.495 e. The lowest BCUT2D eigenvalue weighted by Crippen LogP contribution is -1.96. The van der Waals surface area contributed by atoms with Gasteiger partial charge in [-0.05, 0) is 24.3 Å². The molecule has 0 spiro atoms. The number of methoxy groups -OCH3 is 1. The Morgan fingerprint density at radius 1 is 1.32 bits per heavy atom. The van der Waals surface area contributed by atoms with Crippen molar-refractivity contribution in [2.45, 2.75) is 0 Å². The number of benzene rings is 2. The molecule has 0 saturated carbocycles. The van der Waals surface area contributed by atoms with Gasteiger partial charge in [-0.15, -0.1) is 0 Å². The van der Waals surface area contributed by atoms with Gasteiger partial charge < -0.3 is 10.1 Å². The molecule has 0 heterocycles. The predicted octanol–water partition coefficient (Wildman–Crippen LogP) is 4.10. The fourth-order valence-electron chi connectivity index (χ4n) is 1.63. The number of hydrogen-bond donors (Lipinski definition) is 1. The van der Waals surface area contributed by atoms with Gasteiger partial charge in [-0.1, -0.05) is 17.7 Å². The number of ether oxygens (including phenoxy) is 1. The van der Waals surface area contributed by atoms with Crippen LogP contribution in [0.5, 0.6) is 5.75 Å². The van der Waals surface area contributed by atoms with E-state index in [1.54, 1.807) is 24.3 Å². The van der Waals surface area contributed by atoms with Crippen molar-refractivity contribution in [1.82, 2.24) is 0 Å². The van der Waals surface area contributed by atoms with Crippen LogP contribution >= 0.6 is 11.6 Å². The van der Waals surface area contributed by atoms with Crippen LogP contribution in [0.25, 0.3) is 0 Å². The Labute approximate surface area is 115 Å². The van der Waals surface area contributed by atoms with Gasteiger partial charge in [-0.25, -0.2) is 4.39 Å². The molecule has 0 aromatic heterocycles. The van der Waals surface area contributed by atoms with Crippen LogP contribution in [0.15, 0.2) is 36.4 Å². The molecule has 0 saturated heterocycles. The number of nitriles is 1. The molecule has 5 heteroatoms. The molecule has 0 radical (unpaired) electrons. The molecule has 2 rings (SSSR count). The zero-order chi connectivity index (χ0) is 13.8. The van der Waals surface area contributed by atoms with E-state index in [2.05, 4.69) is 5.32 Å². The Morgan fingerprint density at radius 2 is 2.11 bits per heavy atom. The fraction of sp³-hybridized carbons (Fsp3) is 0.0714. The molecule has 2 aromatic rings. The molecule has 0 bridgehead atoms. The first-order chi connectivity index (χ1) is 9.15. The van der Waals surface area contributed by atoms with Gasteiger partial charge in [0.2, 0.25) is 0 Å². The second-order valence-electron chi connectivity index (χ2n) is 3.75. The highest BCUT2D eigenvalue weighted by atomic mass is 35.5. The number of nitrogens with one attached hydrogen (secondary N) is 1. The Bertz CT molecular complexity index is 652. The van der Waals surface area contributed by atoms with E-state index in [0.717, 1.165) is 0 Å². The summed E-state index contributed by atoms with van der Waals surface area (Å²) in [7, 11) is 1.51. The lowest BCUT2D eigenvalue weighted by molar-refractivity contribution is 0.415. The summed E-state index contributed by atoms with van der Waals surface area (Å²) < 4.78 is 18.5. The summed E-state index contributed by atoms with van der Waals surface area (Å²) in [6.45, 7) is 0. The number of nitrogens with zero attached hydrogens (tertiary/aromatic N) is 1. The maximum absolute atomic E-state index is 13.5. The van der Waals surface area contributed by atoms with Gasteiger partial charge in [0, 0.05) is 11.8 Å². The van der Waals surface area contributed by atoms with Crippen LogP contribution in [0.4, 0.5) is 15.8 Å². The lowest BCUT2D eigenvalue weighted by Gasteiger charge is -2.10. The Morgan fingerprint density at radius 3 is 2.79 bits per heavy atom. The predicted molar refractivity (Wildman–Crippen MR) is 72.4 cm³/mol. The highest BCUT2D eigenvalue weighted by Gasteiger charge is 2.09. The highest BCUT2D eigenvalue weighted by molar-refractivity contribution is 6.32. The molecule has 0 aliphatic heterocycles. The lowest BCUT2D eigenvalue weighted by atomic mass is 10.1. The van der Waals surface area contributed by atoms with Gasteiger partial charge in [0.15, 0.2) is 0 Å². The van der Waals surface area contributed by atoms with Crippen LogP contribution in [-0.2, 0) is 0 Å². The molecular formula is C14H10ClFN2O. The van der Waals surface area contributed by atoms with E-state index in [4.69, 9.17) is 21.6 Å². The van der Waals surface area contributed by atoms with Gasteiger partial charge in [0.1, 0.15) is 23.2 Å². The van der Waals surface area contributed by atoms with E-state index in [1.165, 1.54) is 19.2 Å². The molecule has 3 nitrogen and oxygen atoms in total. The summed E-state index contributed by atoms with van der Waals surface area (Å²) in [5.74, 6) is -0.0602. The molecule has 0 fully saturated rings. The van der Waals surface area contributed by atoms with Gasteiger partial charge in [0.25, 0.3) is 0 Å². The zero-order valence-corrected chi connectivity index (χ0v) is 10.8. The monoisotopic (exact) mass is 276 g/mol. The van der Waals surface area contributed by atoms with E-state index in [-0.39, 0.29) is 5.56 Å². The number of halogens is 2. The van der Waals surface area contributed by atoms with Crippen LogP contribution in [0.1, 0.15) is 5.56 Å². The van der Waals surface area contributed by atoms with Crippen molar-refractivity contribution < 1.29 is 9.13 Å². The van der Waals surface area contributed by atoms with Gasteiger partial charge in [-0.2, -0.15) is 5.26 Å². The van der Waals surface area contributed by atoms with Crippen LogP contribution in [0.2, 0.25) is 5.02 Å². The fourth-order valence-corrected chi connectivity index (χ4v) is 1.83. The summed E-state index contributed by atoms with van der Waals surface area (Å²) in [6.07, 6.45) is 0. The standard InChI is InChI=1S/C14H10ClFN2O/c1-19-14-7-9(5-6-11(14)15)18-13-4-2-3-12(16)10(13)8-17/h2-7,18H,1H3. The molecule has 0 atom stereocenters. The van der Waals surface area contributed by atoms with Crippen molar-refractivity contribution in [3.8, 4) is 11.8 Å². The summed E-state index contributed by atoms with van der Waals surface area (Å²) in [5.41, 5.74) is 1.02. The third kappa shape index (κ3) is 2.78. The minimum atomic E-state index is -0.562. The Kier molecular flexibility index (Phi) is 3.88. The molecule has 0 aliphatic rings. The minimum absolute atomic E-state index is 0.0311. The maximum atomic E-state index is 13.5. The van der Waals surface area contributed by atoms with Crippen molar-refractivity contribution >= 4 is 23.0 Å². The van der Waals surface area contributed by atoms with Crippen LogP contribution in [0, 0.1) is 17.1 Å². The summed E-state index contributed by atoms with van der Waals surface area (Å²) in [6, 6.07) is 11.3. The highest BCUT2D eigenvalue weighted by Crippen LogP contribution is 2.30. The average Bonchev–Trinajstić information content (AvgIpc) is 2.41. The number of anilines is 2. The molecule has 19 heavy (non-hydrogen) atoms. The normalized spacial score (nSPS) is 9.79. The third-order valence-corrected chi connectivity index (χ3v) is 2.87. The quantitative estimate of drug-likeness (QED) is 0.918. The molecule has 0 unspecified atom stereocenters. The maximum Gasteiger partial charge on any atom is 0.143 e. The first kappa shape index (κ1) is 13.2. The summed E-state index contributed by atoms with van der Waals surface area (Å²) in [4.78, 5) is 0. The van der Waals surface area contributed by atoms with E-state index in [0.29, 0.717) is 22.1 Å². The molecule has 96 valence electrons. The number of rotatable bonds is 3. The Hall–Kier alpha value is -2.25. The van der Waals surface area contributed by atoms with Crippen LogP contribution in [0.3, 0.4) is 0 Å². The van der Waals surface area contributed by atoms with Crippen molar-refractivity contribution in [1.29, 1.82) is 5.26 Å². The van der Waals surface area contributed by atoms with Gasteiger partial charge >= 0.3 is 0 Å². The van der Waals surface area contributed by atoms with Gasteiger partial charge in [0.05, 0.1) is 17.8 Å². The number of hydrogen-bond acceptors (Lipinski definition) is 3. The van der Waals surface area contributed by atoms with Crippen molar-refractivity contribution in [2.24, 2.45) is 0 Å². The van der Waals surface area contributed by atoms with Gasteiger partial charge in [-0.3, -0.25) is 0 Å². The van der Waals surface area contributed by atoms with Crippen LogP contribution < -0.4 is 10.1 Å². The summed E-state index contributed by atoms with van der Waals surface area (Å²) in [5, 5.41) is 12.4. The molecule has 0 amide bonds. The van der Waals surface area contributed by atoms with Crippen molar-refractivity contribution in [3.63, 3.8) is 0 Å². The first-order valence-corrected chi connectivity index (χ1v) is 5.82. The topological polar surface area (TPSA) is 45.0 Å². The average molecular weight is 277 g/mol. The smallest absolute Gasteiger partial charge is 0.143 e. The van der Waals surface area contributed by atoms with Crippen LogP contribution in [-0.4, -0.2) is 7.11 Å². The van der Waals surface area contributed by atoms with Crippen molar-refractivity contribution in [3.05, 3.63) is 52.8 Å². The molecule has 2 aromatic carbocycles. The van der Waals surface area contributed by atoms with Crippen molar-refractivity contribution in [2.75, 3.05) is 12.4 Å². The molecular weight excluding hydrogens is 267 g/mol. The third-order valence-electron chi connectivity index (χ3n) is 2.56. The Balaban J connectivity index is 2.37. The molecule has 0 aliphatic carbocycles. The summed E-state index contributed by atoms with van der Waals surface area (Å²) >= 11 is 5.92. The SMILES string of the molecule is COc1cc(Nc2cccc(F)c2C#N)ccc1Cl. The second kappa shape index (κ2) is 5.59. The second-order valence-corrected chi connectivity index (χ2v) is 4.16. The van der Waals surface area contributed by atoms with E-state index in [1.807, 2.05) is 6.07 Å². The van der Waals surface area contributed by atoms with E-state index >= 15 is 0 Å². The van der Waals surface area contributed by atoms with E-state index in [9.17, 15) is 4.39 Å².